The summed E-state index contributed by atoms with van der Waals surface area (Å²) in [5.41, 5.74) is 1.61. The molecule has 0 aliphatic carbocycles. The standard InChI is InChI=1S/C14H12ClN5OS/c1-9-7-10(15)4-5-11(9)16-13(21)8-20-18-14(17-19-20)12-3-2-6-22-12/h2-7H,8H2,1H3,(H,16,21). The molecule has 3 aromatic rings. The van der Waals surface area contributed by atoms with E-state index >= 15 is 0 Å². The fourth-order valence-corrected chi connectivity index (χ4v) is 2.77. The van der Waals surface area contributed by atoms with Crippen LogP contribution in [0.5, 0.6) is 0 Å². The molecule has 22 heavy (non-hydrogen) atoms. The number of hydrogen-bond donors (Lipinski definition) is 1. The van der Waals surface area contributed by atoms with Gasteiger partial charge in [-0.25, -0.2) is 0 Å². The van der Waals surface area contributed by atoms with Crippen LogP contribution in [0.2, 0.25) is 5.02 Å². The highest BCUT2D eigenvalue weighted by Gasteiger charge is 2.11. The number of tetrazole rings is 1. The van der Waals surface area contributed by atoms with Gasteiger partial charge in [0.2, 0.25) is 11.7 Å². The van der Waals surface area contributed by atoms with Gasteiger partial charge >= 0.3 is 0 Å². The number of nitrogens with one attached hydrogen (secondary N) is 1. The summed E-state index contributed by atoms with van der Waals surface area (Å²) in [4.78, 5) is 14.2. The average Bonchev–Trinajstić information content (AvgIpc) is 3.12. The van der Waals surface area contributed by atoms with Crippen molar-refractivity contribution in [2.75, 3.05) is 5.32 Å². The van der Waals surface area contributed by atoms with Crippen LogP contribution in [-0.4, -0.2) is 26.1 Å². The fraction of sp³-hybridized carbons (Fsp3) is 0.143. The Balaban J connectivity index is 1.67. The van der Waals surface area contributed by atoms with Gasteiger partial charge in [-0.05, 0) is 47.3 Å². The second kappa shape index (κ2) is 6.25. The molecule has 0 saturated carbocycles. The van der Waals surface area contributed by atoms with Crippen LogP contribution in [0.3, 0.4) is 0 Å². The van der Waals surface area contributed by atoms with E-state index in [9.17, 15) is 4.79 Å². The minimum Gasteiger partial charge on any atom is -0.324 e. The van der Waals surface area contributed by atoms with Crippen molar-refractivity contribution in [3.8, 4) is 10.7 Å². The molecule has 1 amide bonds. The highest BCUT2D eigenvalue weighted by Crippen LogP contribution is 2.20. The Kier molecular flexibility index (Phi) is 4.17. The Labute approximate surface area is 135 Å². The van der Waals surface area contributed by atoms with Crippen molar-refractivity contribution in [2.24, 2.45) is 0 Å². The number of anilines is 1. The largest absolute Gasteiger partial charge is 0.324 e. The lowest BCUT2D eigenvalue weighted by atomic mass is 10.2. The predicted molar refractivity (Wildman–Crippen MR) is 85.9 cm³/mol. The summed E-state index contributed by atoms with van der Waals surface area (Å²) in [6.07, 6.45) is 0. The molecule has 3 rings (SSSR count). The van der Waals surface area contributed by atoms with Gasteiger partial charge in [-0.2, -0.15) is 4.80 Å². The van der Waals surface area contributed by atoms with Gasteiger partial charge in [0, 0.05) is 10.7 Å². The van der Waals surface area contributed by atoms with E-state index in [1.54, 1.807) is 18.2 Å². The third-order valence-electron chi connectivity index (χ3n) is 2.94. The maximum absolute atomic E-state index is 12.0. The molecular weight excluding hydrogens is 322 g/mol. The SMILES string of the molecule is Cc1cc(Cl)ccc1NC(=O)Cn1nnc(-c2cccs2)n1. The van der Waals surface area contributed by atoms with Crippen LogP contribution in [0.1, 0.15) is 5.56 Å². The molecule has 6 nitrogen and oxygen atoms in total. The van der Waals surface area contributed by atoms with Crippen molar-refractivity contribution in [2.45, 2.75) is 13.5 Å². The topological polar surface area (TPSA) is 72.7 Å². The summed E-state index contributed by atoms with van der Waals surface area (Å²) in [5.74, 6) is 0.297. The summed E-state index contributed by atoms with van der Waals surface area (Å²) in [6, 6.07) is 9.11. The van der Waals surface area contributed by atoms with Gasteiger partial charge < -0.3 is 5.32 Å². The number of rotatable bonds is 4. The van der Waals surface area contributed by atoms with Gasteiger partial charge in [0.05, 0.1) is 4.88 Å². The summed E-state index contributed by atoms with van der Waals surface area (Å²) in [7, 11) is 0. The van der Waals surface area contributed by atoms with Crippen molar-refractivity contribution >= 4 is 34.5 Å². The fourth-order valence-electron chi connectivity index (χ4n) is 1.90. The molecule has 0 aliphatic rings. The van der Waals surface area contributed by atoms with E-state index in [4.69, 9.17) is 11.6 Å². The molecule has 0 radical (unpaired) electrons. The second-order valence-corrected chi connectivity index (χ2v) is 6.01. The zero-order valence-electron chi connectivity index (χ0n) is 11.7. The molecule has 2 aromatic heterocycles. The number of halogens is 1. The second-order valence-electron chi connectivity index (χ2n) is 4.63. The van der Waals surface area contributed by atoms with Crippen molar-refractivity contribution in [1.29, 1.82) is 0 Å². The van der Waals surface area contributed by atoms with Gasteiger partial charge in [-0.15, -0.1) is 21.5 Å². The van der Waals surface area contributed by atoms with Crippen LogP contribution in [0, 0.1) is 6.92 Å². The molecule has 112 valence electrons. The van der Waals surface area contributed by atoms with E-state index in [0.29, 0.717) is 16.5 Å². The molecule has 0 atom stereocenters. The summed E-state index contributed by atoms with van der Waals surface area (Å²) >= 11 is 7.41. The van der Waals surface area contributed by atoms with Crippen molar-refractivity contribution < 1.29 is 4.79 Å². The van der Waals surface area contributed by atoms with E-state index in [1.165, 1.54) is 16.1 Å². The van der Waals surface area contributed by atoms with Crippen LogP contribution < -0.4 is 5.32 Å². The van der Waals surface area contributed by atoms with Crippen LogP contribution >= 0.6 is 22.9 Å². The Bertz CT molecular complexity index is 799. The Morgan fingerprint density at radius 2 is 2.27 bits per heavy atom. The van der Waals surface area contributed by atoms with Crippen LogP contribution in [0.15, 0.2) is 35.7 Å². The molecule has 1 aromatic carbocycles. The molecule has 0 bridgehead atoms. The van der Waals surface area contributed by atoms with E-state index in [2.05, 4.69) is 20.7 Å². The van der Waals surface area contributed by atoms with Gasteiger partial charge in [0.1, 0.15) is 6.54 Å². The quantitative estimate of drug-likeness (QED) is 0.796. The number of aryl methyl sites for hydroxylation is 1. The first-order chi connectivity index (χ1) is 10.6. The zero-order valence-corrected chi connectivity index (χ0v) is 13.2. The molecule has 0 unspecified atom stereocenters. The predicted octanol–water partition coefficient (Wildman–Crippen LogP) is 3.00. The van der Waals surface area contributed by atoms with Gasteiger partial charge in [0.15, 0.2) is 0 Å². The van der Waals surface area contributed by atoms with Gasteiger partial charge in [-0.3, -0.25) is 4.79 Å². The normalized spacial score (nSPS) is 10.6. The first-order valence-corrected chi connectivity index (χ1v) is 7.75. The molecule has 0 aliphatic heterocycles. The number of benzene rings is 1. The minimum absolute atomic E-state index is 0.000438. The van der Waals surface area contributed by atoms with E-state index in [0.717, 1.165) is 10.4 Å². The van der Waals surface area contributed by atoms with Crippen molar-refractivity contribution in [3.05, 3.63) is 46.3 Å². The molecule has 0 spiro atoms. The third-order valence-corrected chi connectivity index (χ3v) is 4.04. The lowest BCUT2D eigenvalue weighted by molar-refractivity contribution is -0.117. The van der Waals surface area contributed by atoms with Crippen LogP contribution in [0.4, 0.5) is 5.69 Å². The highest BCUT2D eigenvalue weighted by molar-refractivity contribution is 7.13. The van der Waals surface area contributed by atoms with Gasteiger partial charge in [0.25, 0.3) is 0 Å². The van der Waals surface area contributed by atoms with E-state index in [-0.39, 0.29) is 12.5 Å². The monoisotopic (exact) mass is 333 g/mol. The Hall–Kier alpha value is -2.25. The first-order valence-electron chi connectivity index (χ1n) is 6.49. The number of amides is 1. The van der Waals surface area contributed by atoms with E-state index < -0.39 is 0 Å². The summed E-state index contributed by atoms with van der Waals surface area (Å²) < 4.78 is 0. The maximum Gasteiger partial charge on any atom is 0.248 e. The average molecular weight is 334 g/mol. The van der Waals surface area contributed by atoms with Crippen LogP contribution in [-0.2, 0) is 11.3 Å². The molecule has 0 saturated heterocycles. The smallest absolute Gasteiger partial charge is 0.248 e. The minimum atomic E-state index is -0.222. The number of hydrogen-bond acceptors (Lipinski definition) is 5. The van der Waals surface area contributed by atoms with Crippen LogP contribution in [0.25, 0.3) is 10.7 Å². The molecular formula is C14H12ClN5OS. The van der Waals surface area contributed by atoms with Gasteiger partial charge in [-0.1, -0.05) is 17.7 Å². The zero-order chi connectivity index (χ0) is 15.5. The third kappa shape index (κ3) is 3.32. The Morgan fingerprint density at radius 1 is 1.41 bits per heavy atom. The number of carbonyl (C=O) groups excluding carboxylic acids is 1. The molecule has 2 heterocycles. The lowest BCUT2D eigenvalue weighted by Gasteiger charge is -2.07. The summed E-state index contributed by atoms with van der Waals surface area (Å²) in [5, 5.41) is 17.4. The number of aromatic nitrogens is 4. The number of carbonyl (C=O) groups is 1. The number of nitrogens with zero attached hydrogens (tertiary/aromatic N) is 4. The highest BCUT2D eigenvalue weighted by atomic mass is 35.5. The van der Waals surface area contributed by atoms with E-state index in [1.807, 2.05) is 24.4 Å². The molecule has 1 N–H and O–H groups in total. The molecule has 8 heteroatoms. The molecule has 0 fully saturated rings. The lowest BCUT2D eigenvalue weighted by Crippen LogP contribution is -2.20. The van der Waals surface area contributed by atoms with Crippen molar-refractivity contribution in [1.82, 2.24) is 20.2 Å². The maximum atomic E-state index is 12.0. The summed E-state index contributed by atoms with van der Waals surface area (Å²) in [6.45, 7) is 1.88. The first kappa shape index (κ1) is 14.7. The Morgan fingerprint density at radius 3 is 3.00 bits per heavy atom. The number of thiophene rings is 1. The van der Waals surface area contributed by atoms with Crippen molar-refractivity contribution in [3.63, 3.8) is 0 Å².